The first-order valence-corrected chi connectivity index (χ1v) is 9.55. The third-order valence-electron chi connectivity index (χ3n) is 5.03. The molecule has 1 atom stereocenters. The first kappa shape index (κ1) is 21.6. The molecule has 0 radical (unpaired) electrons. The zero-order chi connectivity index (χ0) is 20.8. The molecule has 0 heterocycles. The number of amides is 2. The topological polar surface area (TPSA) is 52.7 Å². The number of hydrogen-bond acceptors (Lipinski definition) is 3. The molecule has 0 aliphatic carbocycles. The molecule has 0 bridgehead atoms. The molecule has 0 unspecified atom stereocenters. The minimum atomic E-state index is -0.321. The van der Waals surface area contributed by atoms with Gasteiger partial charge in [-0.15, -0.1) is 0 Å². The second kappa shape index (κ2) is 9.51. The van der Waals surface area contributed by atoms with Gasteiger partial charge in [0.1, 0.15) is 0 Å². The van der Waals surface area contributed by atoms with E-state index in [1.807, 2.05) is 50.1 Å². The molecule has 150 valence electrons. The minimum Gasteiger partial charge on any atom is -0.335 e. The largest absolute Gasteiger partial charge is 0.335 e. The Hall–Kier alpha value is -2.66. The summed E-state index contributed by atoms with van der Waals surface area (Å²) < 4.78 is 0. The van der Waals surface area contributed by atoms with Gasteiger partial charge in [0.15, 0.2) is 0 Å². The highest BCUT2D eigenvalue weighted by molar-refractivity contribution is 5.95. The number of hydrogen-bond donors (Lipinski definition) is 1. The molecule has 2 aromatic carbocycles. The van der Waals surface area contributed by atoms with Gasteiger partial charge in [-0.1, -0.05) is 41.5 Å². The maximum Gasteiger partial charge on any atom is 0.243 e. The smallest absolute Gasteiger partial charge is 0.243 e. The number of rotatable bonds is 7. The van der Waals surface area contributed by atoms with Gasteiger partial charge in [0.25, 0.3) is 0 Å². The van der Waals surface area contributed by atoms with Gasteiger partial charge >= 0.3 is 0 Å². The van der Waals surface area contributed by atoms with Gasteiger partial charge in [0.2, 0.25) is 11.8 Å². The number of anilines is 1. The molecule has 0 saturated carbocycles. The van der Waals surface area contributed by atoms with E-state index in [0.717, 1.165) is 11.3 Å². The van der Waals surface area contributed by atoms with E-state index in [1.165, 1.54) is 21.6 Å². The summed E-state index contributed by atoms with van der Waals surface area (Å²) in [6.07, 6.45) is 0. The number of carbonyl (C=O) groups excluding carboxylic acids is 2. The highest BCUT2D eigenvalue weighted by Crippen LogP contribution is 2.14. The summed E-state index contributed by atoms with van der Waals surface area (Å²) in [4.78, 5) is 28.5. The highest BCUT2D eigenvalue weighted by atomic mass is 16.2. The zero-order valence-electron chi connectivity index (χ0n) is 17.7. The van der Waals surface area contributed by atoms with E-state index in [2.05, 4.69) is 37.4 Å². The van der Waals surface area contributed by atoms with Crippen molar-refractivity contribution in [3.8, 4) is 0 Å². The van der Waals surface area contributed by atoms with E-state index >= 15 is 0 Å². The molecule has 0 aliphatic heterocycles. The van der Waals surface area contributed by atoms with Crippen LogP contribution in [-0.4, -0.2) is 48.3 Å². The third-order valence-corrected chi connectivity index (χ3v) is 5.03. The summed E-state index contributed by atoms with van der Waals surface area (Å²) in [7, 11) is 3.60. The Morgan fingerprint density at radius 3 is 2.18 bits per heavy atom. The van der Waals surface area contributed by atoms with Gasteiger partial charge in [0, 0.05) is 19.3 Å². The van der Waals surface area contributed by atoms with Crippen LogP contribution < -0.4 is 5.32 Å². The van der Waals surface area contributed by atoms with Crippen LogP contribution in [0.2, 0.25) is 0 Å². The number of benzene rings is 2. The second-order valence-electron chi connectivity index (χ2n) is 7.63. The summed E-state index contributed by atoms with van der Waals surface area (Å²) in [5.74, 6) is -0.282. The molecule has 0 saturated heterocycles. The van der Waals surface area contributed by atoms with Crippen LogP contribution in [0.5, 0.6) is 0 Å². The lowest BCUT2D eigenvalue weighted by Gasteiger charge is -2.28. The molecule has 0 aromatic heterocycles. The van der Waals surface area contributed by atoms with Crippen LogP contribution >= 0.6 is 0 Å². The summed E-state index contributed by atoms with van der Waals surface area (Å²) in [6.45, 7) is 8.73. The molecule has 1 N–H and O–H groups in total. The SMILES string of the molecule is Cc1ccc(NC(=O)CN(C)C(=O)[C@@H](C)N(C)Cc2ccc(C)cc2C)cc1. The fraction of sp³-hybridized carbons (Fsp3) is 0.391. The number of likely N-dealkylation sites (N-methyl/N-ethyl adjacent to an activating group) is 2. The highest BCUT2D eigenvalue weighted by Gasteiger charge is 2.23. The normalized spacial score (nSPS) is 12.0. The van der Waals surface area contributed by atoms with Crippen molar-refractivity contribution >= 4 is 17.5 Å². The molecule has 2 aromatic rings. The van der Waals surface area contributed by atoms with E-state index in [1.54, 1.807) is 7.05 Å². The average molecular weight is 382 g/mol. The summed E-state index contributed by atoms with van der Waals surface area (Å²) >= 11 is 0. The Labute approximate surface area is 168 Å². The van der Waals surface area contributed by atoms with Crippen molar-refractivity contribution in [3.63, 3.8) is 0 Å². The Kier molecular flexibility index (Phi) is 7.35. The summed E-state index contributed by atoms with van der Waals surface area (Å²) in [6, 6.07) is 13.6. The molecular formula is C23H31N3O2. The summed E-state index contributed by atoms with van der Waals surface area (Å²) in [5.41, 5.74) is 5.51. The lowest BCUT2D eigenvalue weighted by atomic mass is 10.0. The standard InChI is InChI=1S/C23H31N3O2/c1-16-8-11-21(12-9-16)24-22(27)15-26(6)23(28)19(4)25(5)14-20-10-7-17(2)13-18(20)3/h7-13,19H,14-15H2,1-6H3,(H,24,27)/t19-/m1/s1. The van der Waals surface area contributed by atoms with Crippen molar-refractivity contribution in [1.29, 1.82) is 0 Å². The Morgan fingerprint density at radius 2 is 1.57 bits per heavy atom. The fourth-order valence-corrected chi connectivity index (χ4v) is 3.07. The lowest BCUT2D eigenvalue weighted by Crippen LogP contribution is -2.46. The minimum absolute atomic E-state index is 0.0223. The first-order chi connectivity index (χ1) is 13.2. The van der Waals surface area contributed by atoms with Gasteiger partial charge in [-0.3, -0.25) is 14.5 Å². The summed E-state index contributed by atoms with van der Waals surface area (Å²) in [5, 5.41) is 2.83. The fourth-order valence-electron chi connectivity index (χ4n) is 3.07. The molecule has 28 heavy (non-hydrogen) atoms. The van der Waals surface area contributed by atoms with E-state index in [-0.39, 0.29) is 24.4 Å². The van der Waals surface area contributed by atoms with Gasteiger partial charge in [0.05, 0.1) is 12.6 Å². The maximum atomic E-state index is 12.8. The molecule has 2 amide bonds. The maximum absolute atomic E-state index is 12.8. The first-order valence-electron chi connectivity index (χ1n) is 9.55. The molecule has 2 rings (SSSR count). The van der Waals surface area contributed by atoms with Crippen molar-refractivity contribution < 1.29 is 9.59 Å². The van der Waals surface area contributed by atoms with E-state index < -0.39 is 0 Å². The number of nitrogens with zero attached hydrogens (tertiary/aromatic N) is 2. The molecular weight excluding hydrogens is 350 g/mol. The van der Waals surface area contributed by atoms with Crippen LogP contribution in [0.4, 0.5) is 5.69 Å². The second-order valence-corrected chi connectivity index (χ2v) is 7.63. The van der Waals surface area contributed by atoms with Crippen LogP contribution in [0.25, 0.3) is 0 Å². The van der Waals surface area contributed by atoms with Gasteiger partial charge in [-0.05, 0) is 58.0 Å². The number of carbonyl (C=O) groups is 2. The van der Waals surface area contributed by atoms with Crippen molar-refractivity contribution in [2.45, 2.75) is 40.3 Å². The van der Waals surface area contributed by atoms with Crippen molar-refractivity contribution in [2.24, 2.45) is 0 Å². The van der Waals surface area contributed by atoms with E-state index in [9.17, 15) is 9.59 Å². The Morgan fingerprint density at radius 1 is 0.964 bits per heavy atom. The van der Waals surface area contributed by atoms with E-state index in [4.69, 9.17) is 0 Å². The molecule has 0 fully saturated rings. The lowest BCUT2D eigenvalue weighted by molar-refractivity contribution is -0.137. The van der Waals surface area contributed by atoms with E-state index in [0.29, 0.717) is 6.54 Å². The predicted molar refractivity (Wildman–Crippen MR) is 114 cm³/mol. The van der Waals surface area contributed by atoms with Crippen molar-refractivity contribution in [2.75, 3.05) is 26.0 Å². The third kappa shape index (κ3) is 5.92. The van der Waals surface area contributed by atoms with Crippen LogP contribution in [0.3, 0.4) is 0 Å². The molecule has 0 aliphatic rings. The predicted octanol–water partition coefficient (Wildman–Crippen LogP) is 3.53. The Balaban J connectivity index is 1.91. The van der Waals surface area contributed by atoms with Crippen LogP contribution in [0, 0.1) is 20.8 Å². The number of nitrogens with one attached hydrogen (secondary N) is 1. The van der Waals surface area contributed by atoms with Crippen molar-refractivity contribution in [3.05, 3.63) is 64.7 Å². The Bertz CT molecular complexity index is 830. The van der Waals surface area contributed by atoms with Crippen LogP contribution in [0.15, 0.2) is 42.5 Å². The van der Waals surface area contributed by atoms with Gasteiger partial charge < -0.3 is 10.2 Å². The molecule has 5 nitrogen and oxygen atoms in total. The van der Waals surface area contributed by atoms with Gasteiger partial charge in [-0.25, -0.2) is 0 Å². The quantitative estimate of drug-likeness (QED) is 0.798. The number of aryl methyl sites for hydroxylation is 3. The van der Waals surface area contributed by atoms with Crippen LogP contribution in [-0.2, 0) is 16.1 Å². The van der Waals surface area contributed by atoms with Gasteiger partial charge in [-0.2, -0.15) is 0 Å². The van der Waals surface area contributed by atoms with Crippen LogP contribution in [0.1, 0.15) is 29.2 Å². The molecule has 5 heteroatoms. The average Bonchev–Trinajstić information content (AvgIpc) is 2.64. The monoisotopic (exact) mass is 381 g/mol. The molecule has 0 spiro atoms. The van der Waals surface area contributed by atoms with Crippen molar-refractivity contribution in [1.82, 2.24) is 9.80 Å². The zero-order valence-corrected chi connectivity index (χ0v) is 17.7.